The number of fused-ring (bicyclic) bond motifs is 1. The van der Waals surface area contributed by atoms with Crippen LogP contribution in [0.4, 0.5) is 5.82 Å². The molecule has 1 N–H and O–H groups in total. The molecule has 0 spiro atoms. The molecular formula is C20H22N6O. The van der Waals surface area contributed by atoms with Crippen LogP contribution in [0.1, 0.15) is 21.7 Å². The molecule has 0 unspecified atom stereocenters. The number of hydrogen-bond donors (Lipinski definition) is 1. The van der Waals surface area contributed by atoms with Gasteiger partial charge in [-0.15, -0.1) is 10.2 Å². The third kappa shape index (κ3) is 3.28. The highest BCUT2D eigenvalue weighted by molar-refractivity contribution is 5.91. The van der Waals surface area contributed by atoms with Crippen molar-refractivity contribution in [2.75, 3.05) is 25.0 Å². The van der Waals surface area contributed by atoms with Gasteiger partial charge in [-0.1, -0.05) is 30.3 Å². The smallest absolute Gasteiger partial charge is 0.271 e. The van der Waals surface area contributed by atoms with Gasteiger partial charge in [-0.3, -0.25) is 9.48 Å². The summed E-state index contributed by atoms with van der Waals surface area (Å²) in [6.07, 6.45) is 1.79. The Kier molecular flexibility index (Phi) is 4.58. The van der Waals surface area contributed by atoms with Gasteiger partial charge in [0.1, 0.15) is 0 Å². The number of hydrogen-bond acceptors (Lipinski definition) is 5. The zero-order valence-electron chi connectivity index (χ0n) is 15.5. The number of benzene rings is 1. The molecule has 7 heteroatoms. The number of aromatic nitrogens is 4. The minimum absolute atomic E-state index is 0.226. The highest BCUT2D eigenvalue weighted by atomic mass is 16.1. The van der Waals surface area contributed by atoms with Gasteiger partial charge in [0.25, 0.3) is 5.91 Å². The van der Waals surface area contributed by atoms with E-state index in [0.29, 0.717) is 5.69 Å². The van der Waals surface area contributed by atoms with Crippen LogP contribution >= 0.6 is 0 Å². The summed E-state index contributed by atoms with van der Waals surface area (Å²) in [6, 6.07) is 13.9. The zero-order valence-corrected chi connectivity index (χ0v) is 15.5. The monoisotopic (exact) mass is 362 g/mol. The molecule has 3 heterocycles. The topological polar surface area (TPSA) is 75.9 Å². The second-order valence-electron chi connectivity index (χ2n) is 6.61. The molecule has 0 fully saturated rings. The van der Waals surface area contributed by atoms with Crippen molar-refractivity contribution in [1.82, 2.24) is 25.3 Å². The lowest BCUT2D eigenvalue weighted by Gasteiger charge is -2.20. The van der Waals surface area contributed by atoms with Gasteiger partial charge in [-0.05, 0) is 18.6 Å². The van der Waals surface area contributed by atoms with Crippen LogP contribution in [0.15, 0.2) is 42.5 Å². The van der Waals surface area contributed by atoms with E-state index in [-0.39, 0.29) is 5.91 Å². The Labute approximate surface area is 158 Å². The predicted molar refractivity (Wildman–Crippen MR) is 104 cm³/mol. The molecule has 4 rings (SSSR count). The van der Waals surface area contributed by atoms with Crippen LogP contribution in [-0.4, -0.2) is 46.0 Å². The molecule has 0 saturated heterocycles. The number of rotatable bonds is 3. The van der Waals surface area contributed by atoms with Crippen LogP contribution in [-0.2, 0) is 19.9 Å². The van der Waals surface area contributed by atoms with Gasteiger partial charge in [-0.2, -0.15) is 5.10 Å². The molecule has 138 valence electrons. The van der Waals surface area contributed by atoms with Crippen molar-refractivity contribution in [2.24, 2.45) is 7.05 Å². The minimum Gasteiger partial charge on any atom is -0.354 e. The molecular weight excluding hydrogens is 340 g/mol. The molecule has 1 aliphatic heterocycles. The minimum atomic E-state index is -0.226. The van der Waals surface area contributed by atoms with Crippen molar-refractivity contribution < 1.29 is 4.79 Å². The lowest BCUT2D eigenvalue weighted by atomic mass is 10.0. The van der Waals surface area contributed by atoms with Crippen molar-refractivity contribution in [3.8, 4) is 11.3 Å². The van der Waals surface area contributed by atoms with Gasteiger partial charge in [-0.25, -0.2) is 0 Å². The van der Waals surface area contributed by atoms with E-state index in [0.717, 1.165) is 43.0 Å². The SMILES string of the molecule is CNC(=O)c1ccc(N2CCc3c(-c4ccccc4)nn(C)c3CC2)nn1. The van der Waals surface area contributed by atoms with Crippen molar-refractivity contribution in [1.29, 1.82) is 0 Å². The molecule has 1 aliphatic rings. The van der Waals surface area contributed by atoms with Crippen LogP contribution in [0.2, 0.25) is 0 Å². The average molecular weight is 362 g/mol. The van der Waals surface area contributed by atoms with Gasteiger partial charge >= 0.3 is 0 Å². The maximum absolute atomic E-state index is 11.6. The molecule has 0 atom stereocenters. The third-order valence-corrected chi connectivity index (χ3v) is 5.01. The first-order chi connectivity index (χ1) is 13.2. The summed E-state index contributed by atoms with van der Waals surface area (Å²) in [6.45, 7) is 1.68. The Hall–Kier alpha value is -3.22. The molecule has 0 saturated carbocycles. The number of carbonyl (C=O) groups excluding carboxylic acids is 1. The number of amides is 1. The fraction of sp³-hybridized carbons (Fsp3) is 0.300. The maximum Gasteiger partial charge on any atom is 0.271 e. The van der Waals surface area contributed by atoms with E-state index in [9.17, 15) is 4.79 Å². The predicted octanol–water partition coefficient (Wildman–Crippen LogP) is 1.84. The van der Waals surface area contributed by atoms with E-state index in [1.807, 2.05) is 36.0 Å². The van der Waals surface area contributed by atoms with E-state index in [1.165, 1.54) is 11.3 Å². The van der Waals surface area contributed by atoms with Gasteiger partial charge in [0.2, 0.25) is 0 Å². The van der Waals surface area contributed by atoms with Crippen LogP contribution in [0.5, 0.6) is 0 Å². The van der Waals surface area contributed by atoms with Gasteiger partial charge < -0.3 is 10.2 Å². The molecule has 7 nitrogen and oxygen atoms in total. The number of anilines is 1. The van der Waals surface area contributed by atoms with Crippen molar-refractivity contribution in [3.63, 3.8) is 0 Å². The fourth-order valence-electron chi connectivity index (χ4n) is 3.58. The first-order valence-corrected chi connectivity index (χ1v) is 9.08. The summed E-state index contributed by atoms with van der Waals surface area (Å²) in [5.74, 6) is 0.570. The largest absolute Gasteiger partial charge is 0.354 e. The van der Waals surface area contributed by atoms with E-state index < -0.39 is 0 Å². The summed E-state index contributed by atoms with van der Waals surface area (Å²) in [7, 11) is 3.60. The Morgan fingerprint density at radius 2 is 1.81 bits per heavy atom. The average Bonchev–Trinajstić information content (AvgIpc) is 2.89. The molecule has 0 aliphatic carbocycles. The summed E-state index contributed by atoms with van der Waals surface area (Å²) in [4.78, 5) is 13.9. The van der Waals surface area contributed by atoms with Gasteiger partial charge in [0.05, 0.1) is 5.69 Å². The zero-order chi connectivity index (χ0) is 18.8. The Morgan fingerprint density at radius 1 is 1.04 bits per heavy atom. The number of carbonyl (C=O) groups is 1. The number of nitrogens with one attached hydrogen (secondary N) is 1. The van der Waals surface area contributed by atoms with E-state index >= 15 is 0 Å². The van der Waals surface area contributed by atoms with Gasteiger partial charge in [0.15, 0.2) is 11.5 Å². The van der Waals surface area contributed by atoms with Crippen molar-refractivity contribution in [3.05, 3.63) is 59.4 Å². The molecule has 0 bridgehead atoms. The second kappa shape index (κ2) is 7.19. The summed E-state index contributed by atoms with van der Waals surface area (Å²) < 4.78 is 2.00. The molecule has 1 amide bonds. The van der Waals surface area contributed by atoms with Crippen molar-refractivity contribution in [2.45, 2.75) is 12.8 Å². The maximum atomic E-state index is 11.6. The standard InChI is InChI=1S/C20H22N6O/c1-21-20(27)16-8-9-18(23-22-16)26-12-10-15-17(11-13-26)25(2)24-19(15)14-6-4-3-5-7-14/h3-9H,10-13H2,1-2H3,(H,21,27). The molecule has 0 radical (unpaired) electrons. The molecule has 2 aromatic heterocycles. The molecule has 3 aromatic rings. The highest BCUT2D eigenvalue weighted by Gasteiger charge is 2.23. The van der Waals surface area contributed by atoms with Crippen LogP contribution < -0.4 is 10.2 Å². The Bertz CT molecular complexity index is 949. The fourth-order valence-corrected chi connectivity index (χ4v) is 3.58. The normalized spacial score (nSPS) is 13.8. The van der Waals surface area contributed by atoms with Crippen LogP contribution in [0, 0.1) is 0 Å². The van der Waals surface area contributed by atoms with Crippen LogP contribution in [0.25, 0.3) is 11.3 Å². The summed E-state index contributed by atoms with van der Waals surface area (Å²) >= 11 is 0. The van der Waals surface area contributed by atoms with Crippen molar-refractivity contribution >= 4 is 11.7 Å². The van der Waals surface area contributed by atoms with E-state index in [4.69, 9.17) is 5.10 Å². The molecule has 27 heavy (non-hydrogen) atoms. The first kappa shape index (κ1) is 17.2. The number of nitrogens with zero attached hydrogens (tertiary/aromatic N) is 5. The lowest BCUT2D eigenvalue weighted by molar-refractivity contribution is 0.0957. The Morgan fingerprint density at radius 3 is 2.52 bits per heavy atom. The first-order valence-electron chi connectivity index (χ1n) is 9.08. The second-order valence-corrected chi connectivity index (χ2v) is 6.61. The number of aryl methyl sites for hydroxylation is 1. The van der Waals surface area contributed by atoms with E-state index in [1.54, 1.807) is 13.1 Å². The summed E-state index contributed by atoms with van der Waals surface area (Å²) in [5.41, 5.74) is 5.12. The quantitative estimate of drug-likeness (QED) is 0.769. The summed E-state index contributed by atoms with van der Waals surface area (Å²) in [5, 5.41) is 15.6. The highest BCUT2D eigenvalue weighted by Crippen LogP contribution is 2.28. The molecule has 1 aromatic carbocycles. The van der Waals surface area contributed by atoms with Crippen LogP contribution in [0.3, 0.4) is 0 Å². The van der Waals surface area contributed by atoms with E-state index in [2.05, 4.69) is 32.5 Å². The third-order valence-electron chi connectivity index (χ3n) is 5.01. The lowest BCUT2D eigenvalue weighted by Crippen LogP contribution is -2.28. The van der Waals surface area contributed by atoms with Gasteiger partial charge in [0, 0.05) is 50.4 Å². The Balaban J connectivity index is 1.58.